The normalized spacial score (nSPS) is 10.5. The average Bonchev–Trinajstić information content (AvgIpc) is 3.24. The van der Waals surface area contributed by atoms with Crippen molar-refractivity contribution in [1.82, 2.24) is 15.5 Å². The van der Waals surface area contributed by atoms with Crippen molar-refractivity contribution in [2.24, 2.45) is 0 Å². The zero-order valence-corrected chi connectivity index (χ0v) is 16.9. The maximum Gasteiger partial charge on any atom is 0.286 e. The summed E-state index contributed by atoms with van der Waals surface area (Å²) in [5.74, 6) is -0.744. The van der Waals surface area contributed by atoms with Crippen molar-refractivity contribution in [3.05, 3.63) is 69.9 Å². The summed E-state index contributed by atoms with van der Waals surface area (Å²) >= 11 is 1.05. The van der Waals surface area contributed by atoms with Crippen LogP contribution in [-0.2, 0) is 11.3 Å². The second-order valence-electron chi connectivity index (χ2n) is 6.00. The third-order valence-corrected chi connectivity index (χ3v) is 4.75. The van der Waals surface area contributed by atoms with Crippen LogP contribution in [-0.4, -0.2) is 42.3 Å². The molecular formula is C20H19FN4O4S. The Kier molecular flexibility index (Phi) is 7.41. The van der Waals surface area contributed by atoms with Gasteiger partial charge >= 0.3 is 0 Å². The molecule has 0 saturated carbocycles. The van der Waals surface area contributed by atoms with Gasteiger partial charge in [-0.15, -0.1) is 10.2 Å². The molecule has 10 heteroatoms. The highest BCUT2D eigenvalue weighted by Crippen LogP contribution is 2.18. The van der Waals surface area contributed by atoms with Crippen LogP contribution in [0.4, 0.5) is 10.1 Å². The highest BCUT2D eigenvalue weighted by molar-refractivity contribution is 7.13. The summed E-state index contributed by atoms with van der Waals surface area (Å²) in [6.07, 6.45) is 0. The Balaban J connectivity index is 1.52. The van der Waals surface area contributed by atoms with Crippen LogP contribution in [0.15, 0.2) is 48.5 Å². The molecule has 1 aromatic heterocycles. The molecule has 0 aliphatic rings. The van der Waals surface area contributed by atoms with Crippen LogP contribution in [0.3, 0.4) is 0 Å². The second kappa shape index (κ2) is 10.4. The van der Waals surface area contributed by atoms with Gasteiger partial charge < -0.3 is 20.1 Å². The zero-order chi connectivity index (χ0) is 21.3. The number of halogens is 1. The minimum atomic E-state index is -0.548. The first-order valence-electron chi connectivity index (χ1n) is 8.95. The van der Waals surface area contributed by atoms with Crippen LogP contribution in [0.5, 0.6) is 5.75 Å². The molecule has 2 N–H and O–H groups in total. The van der Waals surface area contributed by atoms with Crippen molar-refractivity contribution in [2.75, 3.05) is 25.6 Å². The summed E-state index contributed by atoms with van der Waals surface area (Å²) < 4.78 is 24.1. The molecule has 2 amide bonds. The summed E-state index contributed by atoms with van der Waals surface area (Å²) in [6, 6.07) is 12.5. The van der Waals surface area contributed by atoms with Crippen molar-refractivity contribution in [3.63, 3.8) is 0 Å². The Morgan fingerprint density at radius 3 is 2.57 bits per heavy atom. The van der Waals surface area contributed by atoms with Gasteiger partial charge in [0.05, 0.1) is 12.3 Å². The number of benzene rings is 2. The molecular weight excluding hydrogens is 411 g/mol. The van der Waals surface area contributed by atoms with Gasteiger partial charge in [-0.2, -0.15) is 0 Å². The van der Waals surface area contributed by atoms with E-state index >= 15 is 0 Å². The Bertz CT molecular complexity index is 1010. The third-order valence-electron chi connectivity index (χ3n) is 3.85. The van der Waals surface area contributed by atoms with E-state index in [9.17, 15) is 14.0 Å². The molecule has 0 aliphatic heterocycles. The predicted molar refractivity (Wildman–Crippen MR) is 109 cm³/mol. The fourth-order valence-corrected chi connectivity index (χ4v) is 3.01. The zero-order valence-electron chi connectivity index (χ0n) is 16.1. The topological polar surface area (TPSA) is 102 Å². The van der Waals surface area contributed by atoms with Crippen LogP contribution in [0.25, 0.3) is 0 Å². The molecule has 0 saturated heterocycles. The monoisotopic (exact) mass is 430 g/mol. The molecule has 0 radical (unpaired) electrons. The van der Waals surface area contributed by atoms with Gasteiger partial charge in [-0.1, -0.05) is 23.5 Å². The van der Waals surface area contributed by atoms with Gasteiger partial charge in [0, 0.05) is 19.2 Å². The molecule has 0 aliphatic carbocycles. The minimum Gasteiger partial charge on any atom is -0.486 e. The Labute approximate surface area is 176 Å². The Morgan fingerprint density at radius 1 is 1.07 bits per heavy atom. The Morgan fingerprint density at radius 2 is 1.83 bits per heavy atom. The summed E-state index contributed by atoms with van der Waals surface area (Å²) in [5.41, 5.74) is 0.573. The van der Waals surface area contributed by atoms with Crippen molar-refractivity contribution in [3.8, 4) is 5.75 Å². The van der Waals surface area contributed by atoms with Gasteiger partial charge in [0.15, 0.2) is 5.01 Å². The molecule has 3 rings (SSSR count). The van der Waals surface area contributed by atoms with Gasteiger partial charge in [0.25, 0.3) is 11.8 Å². The van der Waals surface area contributed by atoms with Gasteiger partial charge in [0.1, 0.15) is 18.2 Å². The van der Waals surface area contributed by atoms with Gasteiger partial charge in [-0.25, -0.2) is 4.39 Å². The first-order valence-corrected chi connectivity index (χ1v) is 9.76. The minimum absolute atomic E-state index is 0.0712. The predicted octanol–water partition coefficient (Wildman–Crippen LogP) is 2.88. The van der Waals surface area contributed by atoms with Crippen molar-refractivity contribution in [1.29, 1.82) is 0 Å². The number of carbonyl (C=O) groups is 2. The van der Waals surface area contributed by atoms with Crippen LogP contribution >= 0.6 is 11.3 Å². The molecule has 156 valence electrons. The number of methoxy groups -OCH3 is 1. The quantitative estimate of drug-likeness (QED) is 0.506. The molecule has 0 bridgehead atoms. The van der Waals surface area contributed by atoms with Crippen LogP contribution in [0.2, 0.25) is 0 Å². The van der Waals surface area contributed by atoms with E-state index in [2.05, 4.69) is 20.8 Å². The summed E-state index contributed by atoms with van der Waals surface area (Å²) in [7, 11) is 1.56. The number of carbonyl (C=O) groups excluding carboxylic acids is 2. The fourth-order valence-electron chi connectivity index (χ4n) is 2.36. The number of aromatic nitrogens is 2. The maximum atomic E-state index is 13.6. The van der Waals surface area contributed by atoms with E-state index in [0.29, 0.717) is 29.5 Å². The smallest absolute Gasteiger partial charge is 0.286 e. The number of rotatable bonds is 9. The van der Waals surface area contributed by atoms with E-state index < -0.39 is 11.7 Å². The van der Waals surface area contributed by atoms with E-state index in [0.717, 1.165) is 11.3 Å². The molecule has 2 aromatic carbocycles. The molecule has 3 aromatic rings. The summed E-state index contributed by atoms with van der Waals surface area (Å²) in [5, 5.41) is 13.5. The summed E-state index contributed by atoms with van der Waals surface area (Å²) in [6.45, 7) is 0.969. The van der Waals surface area contributed by atoms with Crippen molar-refractivity contribution in [2.45, 2.75) is 6.61 Å². The average molecular weight is 430 g/mol. The maximum absolute atomic E-state index is 13.6. The molecule has 0 atom stereocenters. The molecule has 0 fully saturated rings. The first kappa shape index (κ1) is 21.3. The standard InChI is InChI=1S/C20H19FN4O4S/c1-28-11-10-22-18(26)13-6-8-14(9-7-13)29-12-17-24-25-20(30-17)19(27)23-16-5-3-2-4-15(16)21/h2-9H,10-12H2,1H3,(H,22,26)(H,23,27). The van der Waals surface area contributed by atoms with Crippen LogP contribution < -0.4 is 15.4 Å². The number of hydrogen-bond donors (Lipinski definition) is 2. The van der Waals surface area contributed by atoms with E-state index in [4.69, 9.17) is 9.47 Å². The van der Waals surface area contributed by atoms with Gasteiger partial charge in [0.2, 0.25) is 5.01 Å². The molecule has 0 unspecified atom stereocenters. The van der Waals surface area contributed by atoms with E-state index in [1.165, 1.54) is 18.2 Å². The largest absolute Gasteiger partial charge is 0.486 e. The van der Waals surface area contributed by atoms with Crippen LogP contribution in [0.1, 0.15) is 25.2 Å². The van der Waals surface area contributed by atoms with Gasteiger partial charge in [-0.3, -0.25) is 9.59 Å². The molecule has 30 heavy (non-hydrogen) atoms. The lowest BCUT2D eigenvalue weighted by molar-refractivity contribution is 0.0936. The third kappa shape index (κ3) is 5.82. The lowest BCUT2D eigenvalue weighted by Crippen LogP contribution is -2.26. The number of nitrogens with zero attached hydrogens (tertiary/aromatic N) is 2. The first-order chi connectivity index (χ1) is 14.6. The lowest BCUT2D eigenvalue weighted by atomic mass is 10.2. The number of nitrogens with one attached hydrogen (secondary N) is 2. The highest BCUT2D eigenvalue weighted by atomic mass is 32.1. The number of hydrogen-bond acceptors (Lipinski definition) is 7. The SMILES string of the molecule is COCCNC(=O)c1ccc(OCc2nnc(C(=O)Nc3ccccc3F)s2)cc1. The van der Waals surface area contributed by atoms with Gasteiger partial charge in [-0.05, 0) is 36.4 Å². The molecule has 1 heterocycles. The van der Waals surface area contributed by atoms with E-state index in [1.54, 1.807) is 37.4 Å². The van der Waals surface area contributed by atoms with E-state index in [1.807, 2.05) is 0 Å². The van der Waals surface area contributed by atoms with Crippen molar-refractivity contribution >= 4 is 28.8 Å². The van der Waals surface area contributed by atoms with Crippen LogP contribution in [0, 0.1) is 5.82 Å². The molecule has 0 spiro atoms. The number of amides is 2. The molecule has 8 nitrogen and oxygen atoms in total. The second-order valence-corrected chi connectivity index (χ2v) is 7.06. The number of ether oxygens (including phenoxy) is 2. The van der Waals surface area contributed by atoms with Crippen molar-refractivity contribution < 1.29 is 23.5 Å². The number of anilines is 1. The number of para-hydroxylation sites is 1. The lowest BCUT2D eigenvalue weighted by Gasteiger charge is -2.06. The highest BCUT2D eigenvalue weighted by Gasteiger charge is 2.15. The Hall–Kier alpha value is -3.37. The van der Waals surface area contributed by atoms with E-state index in [-0.39, 0.29) is 23.2 Å². The fraction of sp³-hybridized carbons (Fsp3) is 0.200. The summed E-state index contributed by atoms with van der Waals surface area (Å²) in [4.78, 5) is 24.1.